The summed E-state index contributed by atoms with van der Waals surface area (Å²) < 4.78 is 4.83. The Balaban J connectivity index is 1.68. The number of aryl methyl sites for hydroxylation is 1. The molecule has 1 heterocycles. The molecular formula is C14H20N2O3S. The fraction of sp³-hybridized carbons (Fsp3) is 0.571. The molecule has 0 aromatic carbocycles. The first-order valence-corrected chi connectivity index (χ1v) is 7.53. The first kappa shape index (κ1) is 15.0. The Hall–Kier alpha value is -1.40. The number of hydrogen-bond donors (Lipinski definition) is 2. The van der Waals surface area contributed by atoms with Crippen LogP contribution in [0.25, 0.3) is 0 Å². The van der Waals surface area contributed by atoms with Crippen molar-refractivity contribution in [3.63, 3.8) is 0 Å². The lowest BCUT2D eigenvalue weighted by Gasteiger charge is -2.06. The molecule has 1 aromatic rings. The van der Waals surface area contributed by atoms with Crippen LogP contribution in [0.15, 0.2) is 12.1 Å². The van der Waals surface area contributed by atoms with Gasteiger partial charge in [0.1, 0.15) is 0 Å². The Labute approximate surface area is 122 Å². The van der Waals surface area contributed by atoms with Crippen molar-refractivity contribution >= 4 is 23.2 Å². The molecule has 0 radical (unpaired) electrons. The second kappa shape index (κ2) is 6.85. The fourth-order valence-electron chi connectivity index (χ4n) is 2.11. The van der Waals surface area contributed by atoms with E-state index in [0.717, 1.165) is 6.42 Å². The highest BCUT2D eigenvalue weighted by molar-refractivity contribution is 7.12. The smallest absolute Gasteiger partial charge is 0.239 e. The summed E-state index contributed by atoms with van der Waals surface area (Å²) in [7, 11) is 1.58. The predicted molar refractivity (Wildman–Crippen MR) is 77.8 cm³/mol. The third kappa shape index (κ3) is 4.05. The molecule has 1 aliphatic rings. The molecule has 1 aliphatic carbocycles. The number of carbonyl (C=O) groups is 2. The van der Waals surface area contributed by atoms with Gasteiger partial charge in [-0.2, -0.15) is 0 Å². The summed E-state index contributed by atoms with van der Waals surface area (Å²) in [6.07, 6.45) is 0.886. The van der Waals surface area contributed by atoms with Crippen molar-refractivity contribution in [1.82, 2.24) is 10.6 Å². The Morgan fingerprint density at radius 2 is 2.20 bits per heavy atom. The van der Waals surface area contributed by atoms with E-state index in [9.17, 15) is 9.59 Å². The lowest BCUT2D eigenvalue weighted by atomic mass is 10.2. The maximum absolute atomic E-state index is 11.9. The predicted octanol–water partition coefficient (Wildman–Crippen LogP) is 1.04. The number of methoxy groups -OCH3 is 1. The van der Waals surface area contributed by atoms with Crippen molar-refractivity contribution in [1.29, 1.82) is 0 Å². The van der Waals surface area contributed by atoms with Crippen LogP contribution < -0.4 is 10.6 Å². The van der Waals surface area contributed by atoms with Crippen LogP contribution in [0, 0.1) is 12.8 Å². The average molecular weight is 296 g/mol. The van der Waals surface area contributed by atoms with Gasteiger partial charge in [-0.1, -0.05) is 0 Å². The molecule has 110 valence electrons. The first-order chi connectivity index (χ1) is 9.61. The van der Waals surface area contributed by atoms with E-state index in [4.69, 9.17) is 4.74 Å². The zero-order valence-corrected chi connectivity index (χ0v) is 12.6. The molecule has 5 nitrogen and oxygen atoms in total. The van der Waals surface area contributed by atoms with Gasteiger partial charge in [0, 0.05) is 35.2 Å². The van der Waals surface area contributed by atoms with Crippen LogP contribution in [0.1, 0.15) is 22.1 Å². The molecule has 0 aliphatic heterocycles. The van der Waals surface area contributed by atoms with E-state index in [1.165, 1.54) is 9.75 Å². The van der Waals surface area contributed by atoms with Crippen molar-refractivity contribution in [3.8, 4) is 0 Å². The van der Waals surface area contributed by atoms with Crippen molar-refractivity contribution in [3.05, 3.63) is 21.9 Å². The van der Waals surface area contributed by atoms with Crippen LogP contribution in [-0.4, -0.2) is 38.6 Å². The highest BCUT2D eigenvalue weighted by Gasteiger charge is 2.44. The highest BCUT2D eigenvalue weighted by Crippen LogP contribution is 2.49. The van der Waals surface area contributed by atoms with Crippen LogP contribution in [0.3, 0.4) is 0 Å². The van der Waals surface area contributed by atoms with Gasteiger partial charge in [-0.3, -0.25) is 9.59 Å². The van der Waals surface area contributed by atoms with Gasteiger partial charge in [0.25, 0.3) is 0 Å². The number of ether oxygens (including phenoxy) is 1. The normalized spacial score (nSPS) is 20.5. The van der Waals surface area contributed by atoms with E-state index >= 15 is 0 Å². The van der Waals surface area contributed by atoms with Crippen molar-refractivity contribution in [2.45, 2.75) is 19.3 Å². The first-order valence-electron chi connectivity index (χ1n) is 6.71. The zero-order valence-electron chi connectivity index (χ0n) is 11.8. The van der Waals surface area contributed by atoms with Crippen molar-refractivity contribution in [2.24, 2.45) is 5.92 Å². The van der Waals surface area contributed by atoms with E-state index in [2.05, 4.69) is 29.7 Å². The topological polar surface area (TPSA) is 67.4 Å². The van der Waals surface area contributed by atoms with Crippen LogP contribution in [0.5, 0.6) is 0 Å². The summed E-state index contributed by atoms with van der Waals surface area (Å²) in [5, 5.41) is 5.36. The number of rotatable bonds is 7. The average Bonchev–Trinajstić information content (AvgIpc) is 3.12. The zero-order chi connectivity index (χ0) is 14.5. The quantitative estimate of drug-likeness (QED) is 0.739. The summed E-state index contributed by atoms with van der Waals surface area (Å²) in [4.78, 5) is 25.9. The van der Waals surface area contributed by atoms with Crippen molar-refractivity contribution < 1.29 is 14.3 Å². The Morgan fingerprint density at radius 1 is 1.40 bits per heavy atom. The van der Waals surface area contributed by atoms with Gasteiger partial charge in [0.05, 0.1) is 13.2 Å². The van der Waals surface area contributed by atoms with Gasteiger partial charge >= 0.3 is 0 Å². The number of thiophene rings is 1. The minimum Gasteiger partial charge on any atom is -0.383 e. The molecule has 1 fully saturated rings. The highest BCUT2D eigenvalue weighted by atomic mass is 32.1. The molecule has 0 spiro atoms. The Kier molecular flexibility index (Phi) is 5.14. The second-order valence-electron chi connectivity index (χ2n) is 4.96. The van der Waals surface area contributed by atoms with Gasteiger partial charge < -0.3 is 15.4 Å². The standard InChI is InChI=1S/C14H20N2O3S/c1-9-3-4-12(20-9)10-7-11(10)14(18)16-8-13(17)15-5-6-19-2/h3-4,10-11H,5-8H2,1-2H3,(H,15,17)(H,16,18). The molecule has 2 amide bonds. The van der Waals surface area contributed by atoms with Crippen LogP contribution >= 0.6 is 11.3 Å². The maximum Gasteiger partial charge on any atom is 0.239 e. The van der Waals surface area contributed by atoms with Gasteiger partial charge in [-0.15, -0.1) is 11.3 Å². The summed E-state index contributed by atoms with van der Waals surface area (Å²) in [6.45, 7) is 3.04. The molecule has 2 unspecified atom stereocenters. The summed E-state index contributed by atoms with van der Waals surface area (Å²) >= 11 is 1.74. The third-order valence-corrected chi connectivity index (χ3v) is 4.44. The lowest BCUT2D eigenvalue weighted by molar-refractivity contribution is -0.126. The molecule has 1 aromatic heterocycles. The van der Waals surface area contributed by atoms with Crippen LogP contribution in [0.4, 0.5) is 0 Å². The largest absolute Gasteiger partial charge is 0.383 e. The van der Waals surface area contributed by atoms with E-state index < -0.39 is 0 Å². The van der Waals surface area contributed by atoms with E-state index in [-0.39, 0.29) is 24.3 Å². The molecule has 6 heteroatoms. The Bertz CT molecular complexity index is 487. The van der Waals surface area contributed by atoms with Gasteiger partial charge in [-0.25, -0.2) is 0 Å². The molecule has 0 bridgehead atoms. The molecule has 0 saturated heterocycles. The third-order valence-electron chi connectivity index (χ3n) is 3.31. The van der Waals surface area contributed by atoms with Gasteiger partial charge in [0.2, 0.25) is 11.8 Å². The van der Waals surface area contributed by atoms with Gasteiger partial charge in [0.15, 0.2) is 0 Å². The molecule has 2 atom stereocenters. The SMILES string of the molecule is COCCNC(=O)CNC(=O)C1CC1c1ccc(C)s1. The van der Waals surface area contributed by atoms with Gasteiger partial charge in [-0.05, 0) is 25.5 Å². The van der Waals surface area contributed by atoms with E-state index in [1.807, 2.05) is 0 Å². The second-order valence-corrected chi connectivity index (χ2v) is 6.28. The minimum absolute atomic E-state index is 0.0251. The molecule has 1 saturated carbocycles. The molecule has 2 N–H and O–H groups in total. The number of hydrogen-bond acceptors (Lipinski definition) is 4. The fourth-order valence-corrected chi connectivity index (χ4v) is 3.16. The molecule has 2 rings (SSSR count). The molecular weight excluding hydrogens is 276 g/mol. The monoisotopic (exact) mass is 296 g/mol. The van der Waals surface area contributed by atoms with Crippen LogP contribution in [0.2, 0.25) is 0 Å². The van der Waals surface area contributed by atoms with Crippen LogP contribution in [-0.2, 0) is 14.3 Å². The lowest BCUT2D eigenvalue weighted by Crippen LogP contribution is -2.38. The number of carbonyl (C=O) groups excluding carboxylic acids is 2. The minimum atomic E-state index is -0.181. The van der Waals surface area contributed by atoms with E-state index in [1.54, 1.807) is 18.4 Å². The van der Waals surface area contributed by atoms with Crippen molar-refractivity contribution in [2.75, 3.05) is 26.8 Å². The summed E-state index contributed by atoms with van der Waals surface area (Å²) in [5.41, 5.74) is 0. The van der Waals surface area contributed by atoms with E-state index in [0.29, 0.717) is 19.1 Å². The Morgan fingerprint density at radius 3 is 2.85 bits per heavy atom. The number of amides is 2. The molecule has 20 heavy (non-hydrogen) atoms. The maximum atomic E-state index is 11.9. The summed E-state index contributed by atoms with van der Waals surface area (Å²) in [5.74, 6) is 0.160. The number of nitrogens with one attached hydrogen (secondary N) is 2. The summed E-state index contributed by atoms with van der Waals surface area (Å²) in [6, 6.07) is 4.17.